The Morgan fingerprint density at radius 2 is 1.52 bits per heavy atom. The van der Waals surface area contributed by atoms with Crippen molar-refractivity contribution in [2.75, 3.05) is 0 Å². The van der Waals surface area contributed by atoms with Gasteiger partial charge in [-0.3, -0.25) is 0 Å². The Morgan fingerprint density at radius 1 is 0.870 bits per heavy atom. The van der Waals surface area contributed by atoms with Crippen LogP contribution in [0.15, 0.2) is 60.2 Å². The zero-order valence-electron chi connectivity index (χ0n) is 13.1. The van der Waals surface area contributed by atoms with Gasteiger partial charge in [0.1, 0.15) is 0 Å². The molecule has 0 fully saturated rings. The van der Waals surface area contributed by atoms with Crippen LogP contribution in [0.5, 0.6) is 0 Å². The van der Waals surface area contributed by atoms with Crippen molar-refractivity contribution >= 4 is 16.8 Å². The van der Waals surface area contributed by atoms with E-state index >= 15 is 0 Å². The Balaban J connectivity index is 0.000000882. The SMILES string of the molecule is CC1=Cc2ccccc2C1c1c(C)[cH-]c2ccccc12.[Cl-].[Cl-].[Zr+3]. The smallest absolute Gasteiger partial charge is 1.00 e. The molecule has 4 rings (SSSR count). The molecule has 0 saturated heterocycles. The van der Waals surface area contributed by atoms with Crippen molar-refractivity contribution in [3.05, 3.63) is 82.4 Å². The molecule has 0 heterocycles. The first-order valence-corrected chi connectivity index (χ1v) is 7.18. The summed E-state index contributed by atoms with van der Waals surface area (Å²) in [5.41, 5.74) is 7.16. The second-order valence-electron chi connectivity index (χ2n) is 5.78. The molecule has 0 bridgehead atoms. The molecular weight excluding hydrogens is 402 g/mol. The number of fused-ring (bicyclic) bond motifs is 2. The van der Waals surface area contributed by atoms with Gasteiger partial charge in [0.15, 0.2) is 0 Å². The number of aryl methyl sites for hydroxylation is 1. The van der Waals surface area contributed by atoms with E-state index in [1.165, 1.54) is 38.6 Å². The van der Waals surface area contributed by atoms with Crippen LogP contribution in [0.25, 0.3) is 16.8 Å². The molecule has 0 nitrogen and oxygen atoms in total. The summed E-state index contributed by atoms with van der Waals surface area (Å²) in [6, 6.07) is 19.8. The molecule has 0 saturated carbocycles. The number of rotatable bonds is 1. The van der Waals surface area contributed by atoms with Crippen LogP contribution < -0.4 is 24.8 Å². The molecule has 0 aromatic heterocycles. The Morgan fingerprint density at radius 3 is 2.30 bits per heavy atom. The van der Waals surface area contributed by atoms with Gasteiger partial charge in [-0.15, -0.1) is 46.2 Å². The summed E-state index contributed by atoms with van der Waals surface area (Å²) in [5, 5.41) is 2.76. The molecule has 0 amide bonds. The average molecular weight is 419 g/mol. The van der Waals surface area contributed by atoms with Crippen molar-refractivity contribution in [2.24, 2.45) is 0 Å². The summed E-state index contributed by atoms with van der Waals surface area (Å²) in [7, 11) is 0. The summed E-state index contributed by atoms with van der Waals surface area (Å²) in [6.07, 6.45) is 2.33. The maximum Gasteiger partial charge on any atom is 3.00 e. The van der Waals surface area contributed by atoms with E-state index < -0.39 is 0 Å². The molecule has 0 N–H and O–H groups in total. The third-order valence-electron chi connectivity index (χ3n) is 4.48. The van der Waals surface area contributed by atoms with Crippen LogP contribution in [0.4, 0.5) is 0 Å². The molecule has 0 aliphatic heterocycles. The summed E-state index contributed by atoms with van der Waals surface area (Å²) in [6.45, 7) is 4.50. The fourth-order valence-corrected chi connectivity index (χ4v) is 3.64. The van der Waals surface area contributed by atoms with E-state index in [4.69, 9.17) is 0 Å². The van der Waals surface area contributed by atoms with Crippen LogP contribution in [0, 0.1) is 6.92 Å². The van der Waals surface area contributed by atoms with E-state index in [-0.39, 0.29) is 51.0 Å². The number of halogens is 2. The van der Waals surface area contributed by atoms with Crippen molar-refractivity contribution in [2.45, 2.75) is 19.8 Å². The van der Waals surface area contributed by atoms with Crippen LogP contribution in [-0.4, -0.2) is 0 Å². The zero-order valence-corrected chi connectivity index (χ0v) is 17.1. The van der Waals surface area contributed by atoms with Crippen LogP contribution >= 0.6 is 0 Å². The summed E-state index contributed by atoms with van der Waals surface area (Å²) < 4.78 is 0. The molecule has 3 aromatic rings. The minimum absolute atomic E-state index is 0. The Kier molecular flexibility index (Phi) is 6.96. The van der Waals surface area contributed by atoms with E-state index in [0.29, 0.717) is 5.92 Å². The molecule has 0 spiro atoms. The predicted molar refractivity (Wildman–Crippen MR) is 86.2 cm³/mol. The Bertz CT molecular complexity index is 846. The van der Waals surface area contributed by atoms with Gasteiger partial charge < -0.3 is 24.8 Å². The summed E-state index contributed by atoms with van der Waals surface area (Å²) in [4.78, 5) is 0. The first-order valence-electron chi connectivity index (χ1n) is 7.18. The van der Waals surface area contributed by atoms with Crippen molar-refractivity contribution in [3.63, 3.8) is 0 Å². The number of hydrogen-bond donors (Lipinski definition) is 0. The quantitative estimate of drug-likeness (QED) is 0.463. The fraction of sp³-hybridized carbons (Fsp3) is 0.150. The number of benzene rings is 2. The maximum absolute atomic E-state index is 2.33. The van der Waals surface area contributed by atoms with Gasteiger partial charge in [0.25, 0.3) is 0 Å². The van der Waals surface area contributed by atoms with Crippen LogP contribution in [0.2, 0.25) is 0 Å². The topological polar surface area (TPSA) is 0 Å². The Labute approximate surface area is 169 Å². The predicted octanol–water partition coefficient (Wildman–Crippen LogP) is -0.579. The van der Waals surface area contributed by atoms with Gasteiger partial charge in [0, 0.05) is 0 Å². The van der Waals surface area contributed by atoms with Crippen molar-refractivity contribution in [1.82, 2.24) is 0 Å². The maximum atomic E-state index is 2.33. The molecule has 1 aliphatic rings. The van der Waals surface area contributed by atoms with Gasteiger partial charge in [-0.05, 0) is 24.0 Å². The molecule has 1 unspecified atom stereocenters. The second-order valence-corrected chi connectivity index (χ2v) is 5.78. The van der Waals surface area contributed by atoms with Gasteiger partial charge in [0.05, 0.1) is 0 Å². The molecular formula is C20H17Cl2Zr. The first kappa shape index (κ1) is 20.3. The molecule has 1 atom stereocenters. The Hall–Kier alpha value is -0.747. The first-order chi connectivity index (χ1) is 9.75. The van der Waals surface area contributed by atoms with E-state index in [1.54, 1.807) is 0 Å². The molecule has 3 heteroatoms. The molecule has 3 aromatic carbocycles. The molecule has 23 heavy (non-hydrogen) atoms. The van der Waals surface area contributed by atoms with Crippen LogP contribution in [0.3, 0.4) is 0 Å². The average Bonchev–Trinajstić information content (AvgIpc) is 2.94. The zero-order chi connectivity index (χ0) is 13.7. The number of allylic oxidation sites excluding steroid dienone is 1. The minimum atomic E-state index is 0. The monoisotopic (exact) mass is 417 g/mol. The van der Waals surface area contributed by atoms with Gasteiger partial charge in [-0.25, -0.2) is 0 Å². The summed E-state index contributed by atoms with van der Waals surface area (Å²) in [5.74, 6) is 0.422. The third kappa shape index (κ3) is 3.25. The molecule has 1 radical (unpaired) electrons. The van der Waals surface area contributed by atoms with Gasteiger partial charge >= 0.3 is 26.2 Å². The summed E-state index contributed by atoms with van der Waals surface area (Å²) >= 11 is 0. The molecule has 115 valence electrons. The van der Waals surface area contributed by atoms with E-state index in [1.807, 2.05) is 0 Å². The van der Waals surface area contributed by atoms with Gasteiger partial charge in [-0.1, -0.05) is 48.9 Å². The fourth-order valence-electron chi connectivity index (χ4n) is 3.64. The van der Waals surface area contributed by atoms with Crippen molar-refractivity contribution < 1.29 is 51.0 Å². The number of hydrogen-bond acceptors (Lipinski definition) is 0. The van der Waals surface area contributed by atoms with Crippen LogP contribution in [0.1, 0.15) is 35.1 Å². The minimum Gasteiger partial charge on any atom is -1.00 e. The van der Waals surface area contributed by atoms with E-state index in [0.717, 1.165) is 0 Å². The van der Waals surface area contributed by atoms with Gasteiger partial charge in [0.2, 0.25) is 0 Å². The van der Waals surface area contributed by atoms with Gasteiger partial charge in [-0.2, -0.15) is 0 Å². The van der Waals surface area contributed by atoms with Crippen molar-refractivity contribution in [1.29, 1.82) is 0 Å². The molecule has 1 aliphatic carbocycles. The van der Waals surface area contributed by atoms with Crippen molar-refractivity contribution in [3.8, 4) is 0 Å². The normalized spacial score (nSPS) is 15.0. The van der Waals surface area contributed by atoms with E-state index in [2.05, 4.69) is 74.5 Å². The standard InChI is InChI=1S/C20H17.2ClH.Zr/c1-13-11-15-7-3-5-9-17(15)19(13)20-14(2)12-16-8-4-6-10-18(16)20;;;/h3-12,19H,1-2H3;2*1H;/q-1;;;+3/p-2. The van der Waals surface area contributed by atoms with E-state index in [9.17, 15) is 0 Å². The largest absolute Gasteiger partial charge is 3.00 e. The third-order valence-corrected chi connectivity index (χ3v) is 4.48. The second kappa shape index (κ2) is 7.88. The van der Waals surface area contributed by atoms with Crippen LogP contribution in [-0.2, 0) is 26.2 Å².